The van der Waals surface area contributed by atoms with E-state index in [1.54, 1.807) is 32.4 Å². The first-order chi connectivity index (χ1) is 23.6. The zero-order valence-electron chi connectivity index (χ0n) is 28.9. The molecule has 3 heterocycles. The number of hydrogen-bond donors (Lipinski definition) is 3. The number of aromatic nitrogens is 2. The highest BCUT2D eigenvalue weighted by atomic mass is 35.6. The van der Waals surface area contributed by atoms with Crippen LogP contribution in [0, 0.1) is 5.41 Å². The van der Waals surface area contributed by atoms with Gasteiger partial charge in [-0.3, -0.25) is 29.4 Å². The van der Waals surface area contributed by atoms with Crippen molar-refractivity contribution in [2.24, 2.45) is 5.41 Å². The van der Waals surface area contributed by atoms with Gasteiger partial charge >= 0.3 is 5.97 Å². The Morgan fingerprint density at radius 2 is 1.88 bits per heavy atom. The third-order valence-electron chi connectivity index (χ3n) is 7.87. The molecule has 14 heteroatoms. The molecule has 270 valence electrons. The summed E-state index contributed by atoms with van der Waals surface area (Å²) in [6.07, 6.45) is 12.5. The zero-order chi connectivity index (χ0) is 36.9. The number of pyridine rings is 2. The molecule has 3 N–H and O–H groups in total. The molecule has 3 unspecified atom stereocenters. The number of nitrogens with one attached hydrogen (secondary N) is 3. The molecule has 1 aromatic carbocycles. The van der Waals surface area contributed by atoms with E-state index in [1.807, 2.05) is 38.3 Å². The second kappa shape index (κ2) is 19.1. The molecule has 1 fully saturated rings. The average molecular weight is 748 g/mol. The quantitative estimate of drug-likeness (QED) is 0.130. The number of aldehydes is 1. The third kappa shape index (κ3) is 13.3. The minimum atomic E-state index is -1.71. The number of alkyl halides is 3. The summed E-state index contributed by atoms with van der Waals surface area (Å²) in [6, 6.07) is 10.1. The molecular weight excluding hydrogens is 703 g/mol. The zero-order valence-corrected chi connectivity index (χ0v) is 31.2. The summed E-state index contributed by atoms with van der Waals surface area (Å²) in [4.78, 5) is 56.9. The van der Waals surface area contributed by atoms with E-state index < -0.39 is 39.9 Å². The Labute approximate surface area is 308 Å². The largest absolute Gasteiger partial charge is 0.460 e. The Morgan fingerprint density at radius 3 is 2.52 bits per heavy atom. The number of nitrogens with zero attached hydrogens (tertiary/aromatic N) is 3. The van der Waals surface area contributed by atoms with Crippen LogP contribution >= 0.6 is 34.8 Å². The van der Waals surface area contributed by atoms with Gasteiger partial charge in [-0.15, -0.1) is 0 Å². The maximum absolute atomic E-state index is 12.8. The number of hydrogen-bond acceptors (Lipinski definition) is 9. The number of likely N-dealkylation sites (N-methyl/N-ethyl adjacent to an activating group) is 1. The molecule has 0 spiro atoms. The lowest BCUT2D eigenvalue weighted by Crippen LogP contribution is -2.60. The van der Waals surface area contributed by atoms with Crippen LogP contribution in [0.5, 0.6) is 0 Å². The lowest BCUT2D eigenvalue weighted by molar-refractivity contribution is -0.152. The molecule has 11 nitrogen and oxygen atoms in total. The number of benzene rings is 1. The van der Waals surface area contributed by atoms with Crippen molar-refractivity contribution >= 4 is 75.7 Å². The van der Waals surface area contributed by atoms with Gasteiger partial charge in [0.15, 0.2) is 0 Å². The van der Waals surface area contributed by atoms with Crippen molar-refractivity contribution in [2.45, 2.75) is 75.3 Å². The van der Waals surface area contributed by atoms with E-state index in [2.05, 4.69) is 57.2 Å². The molecule has 0 radical (unpaired) electrons. The van der Waals surface area contributed by atoms with Gasteiger partial charge in [0.1, 0.15) is 25.0 Å². The minimum absolute atomic E-state index is 0.317. The normalized spacial score (nSPS) is 16.2. The van der Waals surface area contributed by atoms with Crippen molar-refractivity contribution in [3.05, 3.63) is 77.9 Å². The molecule has 1 saturated heterocycles. The van der Waals surface area contributed by atoms with Gasteiger partial charge in [0.2, 0.25) is 9.70 Å². The molecule has 3 atom stereocenters. The fourth-order valence-corrected chi connectivity index (χ4v) is 5.08. The van der Waals surface area contributed by atoms with Crippen molar-refractivity contribution < 1.29 is 23.9 Å². The van der Waals surface area contributed by atoms with Gasteiger partial charge in [-0.25, -0.2) is 5.43 Å². The van der Waals surface area contributed by atoms with Gasteiger partial charge in [0.05, 0.1) is 11.7 Å². The predicted octanol–water partition coefficient (Wildman–Crippen LogP) is 5.16. The average Bonchev–Trinajstić information content (AvgIpc) is 3.11. The van der Waals surface area contributed by atoms with E-state index in [1.165, 1.54) is 16.0 Å². The van der Waals surface area contributed by atoms with E-state index in [0.29, 0.717) is 25.8 Å². The monoisotopic (exact) mass is 746 g/mol. The number of ether oxygens (including phenoxy) is 1. The van der Waals surface area contributed by atoms with Crippen LogP contribution in [0.4, 0.5) is 0 Å². The molecule has 2 amide bonds. The maximum atomic E-state index is 12.8. The second-order valence-corrected chi connectivity index (χ2v) is 15.1. The summed E-state index contributed by atoms with van der Waals surface area (Å²) in [5, 5.41) is 9.31. The molecule has 0 bridgehead atoms. The van der Waals surface area contributed by atoms with Crippen LogP contribution in [-0.2, 0) is 36.8 Å². The summed E-state index contributed by atoms with van der Waals surface area (Å²) in [7, 11) is 1.67. The standard InChI is InChI=1S/C19H26Cl3N5O4.C17H19NO/c1-12(25-16(28)15(23-2)9-13-5-3-7-24-10-13)17(29)27-8-4-6-14(26-27)18(30)31-11-19(20,21)22;1-4-13-5-6-14-11-18-16(10-15(14)9-13)7-8-17(2,3)12-19/h3,5,7,10,12,14-15,23,26H,4,6,8-9,11H2,1-2H3,(H,25,28);5-12H,4H2,1-3H3/b;8-7+. The number of hydrazine groups is 1. The number of aryl methyl sites for hydroxylation is 1. The van der Waals surface area contributed by atoms with Gasteiger partial charge in [0, 0.05) is 35.9 Å². The summed E-state index contributed by atoms with van der Waals surface area (Å²) >= 11 is 16.8. The second-order valence-electron chi connectivity index (χ2n) is 12.6. The van der Waals surface area contributed by atoms with Gasteiger partial charge in [0.25, 0.3) is 5.91 Å². The van der Waals surface area contributed by atoms with Gasteiger partial charge < -0.3 is 20.2 Å². The number of esters is 1. The molecule has 50 heavy (non-hydrogen) atoms. The molecule has 4 rings (SSSR count). The van der Waals surface area contributed by atoms with Gasteiger partial charge in [-0.2, -0.15) is 0 Å². The van der Waals surface area contributed by atoms with Crippen LogP contribution in [-0.4, -0.2) is 81.2 Å². The number of fused-ring (bicyclic) bond motifs is 1. The molecule has 2 aromatic heterocycles. The van der Waals surface area contributed by atoms with E-state index in [-0.39, 0.29) is 11.8 Å². The number of amides is 2. The fraction of sp³-hybridized carbons (Fsp3) is 0.444. The SMILES string of the molecule is CCc1ccc2cnc(/C=C/C(C)(C)C=O)cc2c1.CNC(Cc1cccnc1)C(=O)NC(C)C(=O)N1CCCC(C(=O)OCC(Cl)(Cl)Cl)N1. The Kier molecular flexibility index (Phi) is 15.6. The highest BCUT2D eigenvalue weighted by molar-refractivity contribution is 6.67. The molecule has 0 saturated carbocycles. The van der Waals surface area contributed by atoms with Crippen molar-refractivity contribution in [3.8, 4) is 0 Å². The van der Waals surface area contributed by atoms with Crippen molar-refractivity contribution in [1.82, 2.24) is 31.0 Å². The first kappa shape index (κ1) is 40.8. The maximum Gasteiger partial charge on any atom is 0.325 e. The van der Waals surface area contributed by atoms with Gasteiger partial charge in [-0.1, -0.05) is 72.1 Å². The number of allylic oxidation sites excluding steroid dienone is 1. The number of rotatable bonds is 12. The summed E-state index contributed by atoms with van der Waals surface area (Å²) in [5.41, 5.74) is 5.49. The van der Waals surface area contributed by atoms with E-state index in [0.717, 1.165) is 29.4 Å². The molecular formula is C36H45Cl3N6O5. The summed E-state index contributed by atoms with van der Waals surface area (Å²) < 4.78 is 3.27. The topological polar surface area (TPSA) is 143 Å². The Morgan fingerprint density at radius 1 is 1.12 bits per heavy atom. The predicted molar refractivity (Wildman–Crippen MR) is 198 cm³/mol. The molecule has 3 aromatic rings. The van der Waals surface area contributed by atoms with Crippen molar-refractivity contribution in [1.29, 1.82) is 0 Å². The van der Waals surface area contributed by atoms with Crippen LogP contribution in [0.2, 0.25) is 0 Å². The first-order valence-electron chi connectivity index (χ1n) is 16.4. The molecule has 0 aliphatic carbocycles. The Bertz CT molecular complexity index is 1630. The van der Waals surface area contributed by atoms with Crippen LogP contribution in [0.15, 0.2) is 61.1 Å². The van der Waals surface area contributed by atoms with E-state index in [9.17, 15) is 19.2 Å². The lowest BCUT2D eigenvalue weighted by Gasteiger charge is -2.34. The summed E-state index contributed by atoms with van der Waals surface area (Å²) in [6.45, 7) is 7.49. The first-order valence-corrected chi connectivity index (χ1v) is 17.5. The van der Waals surface area contributed by atoms with Crippen LogP contribution in [0.25, 0.3) is 16.8 Å². The van der Waals surface area contributed by atoms with Crippen molar-refractivity contribution in [2.75, 3.05) is 20.2 Å². The van der Waals surface area contributed by atoms with Crippen LogP contribution in [0.3, 0.4) is 0 Å². The number of halogens is 3. The Hall–Kier alpha value is -3.61. The van der Waals surface area contributed by atoms with E-state index in [4.69, 9.17) is 39.5 Å². The molecule has 1 aliphatic heterocycles. The van der Waals surface area contributed by atoms with Crippen LogP contribution < -0.4 is 16.1 Å². The van der Waals surface area contributed by atoms with Crippen LogP contribution in [0.1, 0.15) is 57.4 Å². The van der Waals surface area contributed by atoms with E-state index >= 15 is 0 Å². The number of carbonyl (C=O) groups excluding carboxylic acids is 4. The third-order valence-corrected chi connectivity index (χ3v) is 8.20. The Balaban J connectivity index is 0.000000303. The minimum Gasteiger partial charge on any atom is -0.460 e. The highest BCUT2D eigenvalue weighted by Crippen LogP contribution is 2.26. The fourth-order valence-electron chi connectivity index (χ4n) is 4.92. The highest BCUT2D eigenvalue weighted by Gasteiger charge is 2.33. The lowest BCUT2D eigenvalue weighted by atomic mass is 9.95. The van der Waals surface area contributed by atoms with Crippen molar-refractivity contribution in [3.63, 3.8) is 0 Å². The smallest absolute Gasteiger partial charge is 0.325 e. The number of carbonyl (C=O) groups is 4. The molecule has 1 aliphatic rings. The summed E-state index contributed by atoms with van der Waals surface area (Å²) in [5.74, 6) is -1.31. The van der Waals surface area contributed by atoms with Gasteiger partial charge in [-0.05, 0) is 88.2 Å².